The van der Waals surface area contributed by atoms with Crippen LogP contribution in [0.4, 0.5) is 0 Å². The fourth-order valence-electron chi connectivity index (χ4n) is 2.79. The molecule has 0 saturated carbocycles. The summed E-state index contributed by atoms with van der Waals surface area (Å²) in [5.74, 6) is 1.31. The Morgan fingerprint density at radius 1 is 1.20 bits per heavy atom. The van der Waals surface area contributed by atoms with Gasteiger partial charge in [0.15, 0.2) is 11.5 Å². The lowest BCUT2D eigenvalue weighted by molar-refractivity contribution is -0.154. The Hall–Kier alpha value is -1.95. The standard InChI is InChI=1S/C19H29NO5/c1-4-10-20(11-5-2)12-13-23-15-8-7-9-16-18(15)24-14-17(25-16)19(21)22-6-3/h7-9,17H,4-6,10-14H2,1-3H3. The molecule has 0 amide bonds. The summed E-state index contributed by atoms with van der Waals surface area (Å²) in [6.45, 7) is 10.2. The van der Waals surface area contributed by atoms with E-state index in [1.54, 1.807) is 13.0 Å². The number of fused-ring (bicyclic) bond motifs is 1. The number of hydrogen-bond acceptors (Lipinski definition) is 6. The van der Waals surface area contributed by atoms with Crippen molar-refractivity contribution in [1.29, 1.82) is 0 Å². The minimum Gasteiger partial charge on any atom is -0.488 e. The zero-order valence-corrected chi connectivity index (χ0v) is 15.5. The van der Waals surface area contributed by atoms with Gasteiger partial charge in [-0.15, -0.1) is 0 Å². The summed E-state index contributed by atoms with van der Waals surface area (Å²) in [5.41, 5.74) is 0. The SMILES string of the molecule is CCCN(CCC)CCOc1cccc2c1OCC(C(=O)OCC)O2. The van der Waals surface area contributed by atoms with Crippen LogP contribution >= 0.6 is 0 Å². The molecule has 0 aromatic heterocycles. The van der Waals surface area contributed by atoms with E-state index in [4.69, 9.17) is 18.9 Å². The third kappa shape index (κ3) is 5.53. The van der Waals surface area contributed by atoms with E-state index in [0.717, 1.165) is 32.5 Å². The molecule has 140 valence electrons. The predicted molar refractivity (Wildman–Crippen MR) is 95.5 cm³/mol. The van der Waals surface area contributed by atoms with Crippen LogP contribution in [0.15, 0.2) is 18.2 Å². The van der Waals surface area contributed by atoms with Crippen molar-refractivity contribution in [3.05, 3.63) is 18.2 Å². The van der Waals surface area contributed by atoms with Gasteiger partial charge < -0.3 is 18.9 Å². The minimum absolute atomic E-state index is 0.129. The Morgan fingerprint density at radius 3 is 2.64 bits per heavy atom. The van der Waals surface area contributed by atoms with Gasteiger partial charge in [0.2, 0.25) is 11.9 Å². The lowest BCUT2D eigenvalue weighted by Crippen LogP contribution is -2.38. The van der Waals surface area contributed by atoms with Crippen molar-refractivity contribution in [1.82, 2.24) is 4.90 Å². The number of benzene rings is 1. The molecule has 1 aliphatic rings. The largest absolute Gasteiger partial charge is 0.488 e. The first-order valence-electron chi connectivity index (χ1n) is 9.13. The fourth-order valence-corrected chi connectivity index (χ4v) is 2.79. The van der Waals surface area contributed by atoms with Crippen LogP contribution in [0.3, 0.4) is 0 Å². The second kappa shape index (κ2) is 10.1. The van der Waals surface area contributed by atoms with E-state index in [9.17, 15) is 4.79 Å². The van der Waals surface area contributed by atoms with E-state index < -0.39 is 12.1 Å². The molecule has 0 N–H and O–H groups in total. The van der Waals surface area contributed by atoms with Gasteiger partial charge in [0.1, 0.15) is 13.2 Å². The zero-order chi connectivity index (χ0) is 18.1. The first-order chi connectivity index (χ1) is 12.2. The third-order valence-electron chi connectivity index (χ3n) is 3.89. The molecule has 0 radical (unpaired) electrons. The van der Waals surface area contributed by atoms with Crippen molar-refractivity contribution in [2.24, 2.45) is 0 Å². The van der Waals surface area contributed by atoms with Gasteiger partial charge in [-0.3, -0.25) is 4.90 Å². The number of ether oxygens (including phenoxy) is 4. The smallest absolute Gasteiger partial charge is 0.350 e. The highest BCUT2D eigenvalue weighted by Crippen LogP contribution is 2.40. The van der Waals surface area contributed by atoms with E-state index in [1.807, 2.05) is 12.1 Å². The van der Waals surface area contributed by atoms with Crippen molar-refractivity contribution in [3.8, 4) is 17.2 Å². The number of carbonyl (C=O) groups is 1. The average Bonchev–Trinajstić information content (AvgIpc) is 2.62. The van der Waals surface area contributed by atoms with Gasteiger partial charge in [-0.25, -0.2) is 4.79 Å². The Labute approximate surface area is 150 Å². The van der Waals surface area contributed by atoms with E-state index in [-0.39, 0.29) is 6.61 Å². The van der Waals surface area contributed by atoms with Crippen LogP contribution in [0.25, 0.3) is 0 Å². The average molecular weight is 351 g/mol. The number of esters is 1. The molecule has 1 atom stereocenters. The van der Waals surface area contributed by atoms with Crippen LogP contribution in [0, 0.1) is 0 Å². The van der Waals surface area contributed by atoms with Crippen molar-refractivity contribution in [2.75, 3.05) is 39.5 Å². The Bertz CT molecular complexity index is 543. The zero-order valence-electron chi connectivity index (χ0n) is 15.5. The van der Waals surface area contributed by atoms with E-state index in [1.165, 1.54) is 0 Å². The van der Waals surface area contributed by atoms with Gasteiger partial charge in [0.25, 0.3) is 0 Å². The molecule has 6 nitrogen and oxygen atoms in total. The van der Waals surface area contributed by atoms with Crippen molar-refractivity contribution in [2.45, 2.75) is 39.7 Å². The normalized spacial score (nSPS) is 15.9. The Balaban J connectivity index is 1.93. The molecule has 0 spiro atoms. The highest BCUT2D eigenvalue weighted by molar-refractivity contribution is 5.76. The number of nitrogens with zero attached hydrogens (tertiary/aromatic N) is 1. The summed E-state index contributed by atoms with van der Waals surface area (Å²) in [5, 5.41) is 0. The van der Waals surface area contributed by atoms with Gasteiger partial charge in [0.05, 0.1) is 6.61 Å². The minimum atomic E-state index is -0.729. The highest BCUT2D eigenvalue weighted by atomic mass is 16.6. The molecule has 1 heterocycles. The number of rotatable bonds is 10. The van der Waals surface area contributed by atoms with Gasteiger partial charge >= 0.3 is 5.97 Å². The molecule has 0 saturated heterocycles. The molecule has 1 aromatic rings. The molecule has 0 fully saturated rings. The van der Waals surface area contributed by atoms with E-state index in [0.29, 0.717) is 30.5 Å². The summed E-state index contributed by atoms with van der Waals surface area (Å²) in [4.78, 5) is 14.2. The number of hydrogen-bond donors (Lipinski definition) is 0. The van der Waals surface area contributed by atoms with Crippen molar-refractivity contribution < 1.29 is 23.7 Å². The molecular formula is C19H29NO5. The predicted octanol–water partition coefficient (Wildman–Crippen LogP) is 2.89. The molecule has 0 bridgehead atoms. The number of para-hydroxylation sites is 1. The first-order valence-corrected chi connectivity index (χ1v) is 9.13. The van der Waals surface area contributed by atoms with Gasteiger partial charge in [0, 0.05) is 6.54 Å². The summed E-state index contributed by atoms with van der Waals surface area (Å²) in [7, 11) is 0. The summed E-state index contributed by atoms with van der Waals surface area (Å²) >= 11 is 0. The van der Waals surface area contributed by atoms with Gasteiger partial charge in [-0.1, -0.05) is 19.9 Å². The molecule has 1 aliphatic heterocycles. The molecule has 2 rings (SSSR count). The van der Waals surface area contributed by atoms with Crippen LogP contribution in [-0.4, -0.2) is 56.4 Å². The lowest BCUT2D eigenvalue weighted by atomic mass is 10.2. The molecule has 1 unspecified atom stereocenters. The highest BCUT2D eigenvalue weighted by Gasteiger charge is 2.30. The first kappa shape index (κ1) is 19.4. The monoisotopic (exact) mass is 351 g/mol. The number of carbonyl (C=O) groups excluding carboxylic acids is 1. The molecule has 1 aromatic carbocycles. The summed E-state index contributed by atoms with van der Waals surface area (Å²) < 4.78 is 22.3. The Morgan fingerprint density at radius 2 is 1.96 bits per heavy atom. The van der Waals surface area contributed by atoms with Gasteiger partial charge in [-0.05, 0) is 45.0 Å². The topological polar surface area (TPSA) is 57.2 Å². The summed E-state index contributed by atoms with van der Waals surface area (Å²) in [6, 6.07) is 5.46. The van der Waals surface area contributed by atoms with Crippen LogP contribution in [-0.2, 0) is 9.53 Å². The fraction of sp³-hybridized carbons (Fsp3) is 0.632. The maximum Gasteiger partial charge on any atom is 0.350 e. The van der Waals surface area contributed by atoms with E-state index in [2.05, 4.69) is 18.7 Å². The molecule has 25 heavy (non-hydrogen) atoms. The van der Waals surface area contributed by atoms with Crippen LogP contribution in [0.1, 0.15) is 33.6 Å². The molecular weight excluding hydrogens is 322 g/mol. The molecule has 6 heteroatoms. The second-order valence-corrected chi connectivity index (χ2v) is 5.94. The molecule has 0 aliphatic carbocycles. The van der Waals surface area contributed by atoms with E-state index >= 15 is 0 Å². The lowest BCUT2D eigenvalue weighted by Gasteiger charge is -2.27. The van der Waals surface area contributed by atoms with Crippen LogP contribution in [0.5, 0.6) is 17.2 Å². The Kier molecular flexibility index (Phi) is 7.85. The third-order valence-corrected chi connectivity index (χ3v) is 3.89. The maximum atomic E-state index is 11.8. The van der Waals surface area contributed by atoms with Crippen molar-refractivity contribution in [3.63, 3.8) is 0 Å². The van der Waals surface area contributed by atoms with Crippen LogP contribution in [0.2, 0.25) is 0 Å². The second-order valence-electron chi connectivity index (χ2n) is 5.94. The quantitative estimate of drug-likeness (QED) is 0.604. The maximum absolute atomic E-state index is 11.8. The summed E-state index contributed by atoms with van der Waals surface area (Å²) in [6.07, 6.45) is 1.53. The van der Waals surface area contributed by atoms with Crippen LogP contribution < -0.4 is 14.2 Å². The van der Waals surface area contributed by atoms with Crippen molar-refractivity contribution >= 4 is 5.97 Å². The van der Waals surface area contributed by atoms with Gasteiger partial charge in [-0.2, -0.15) is 0 Å².